The van der Waals surface area contributed by atoms with Gasteiger partial charge in [0.05, 0.1) is 13.7 Å². The van der Waals surface area contributed by atoms with E-state index in [0.717, 1.165) is 0 Å². The molecule has 6 heteroatoms. The van der Waals surface area contributed by atoms with Gasteiger partial charge in [0.1, 0.15) is 11.2 Å². The number of pyridine rings is 1. The Morgan fingerprint density at radius 3 is 2.94 bits per heavy atom. The van der Waals surface area contributed by atoms with E-state index in [1.165, 1.54) is 20.2 Å². The Kier molecular flexibility index (Phi) is 4.42. The molecule has 3 N–H and O–H groups in total. The molecule has 0 bridgehead atoms. The van der Waals surface area contributed by atoms with Crippen molar-refractivity contribution in [1.82, 2.24) is 10.3 Å². The molecule has 0 unspecified atom stereocenters. The summed E-state index contributed by atoms with van der Waals surface area (Å²) in [6.45, 7) is 0.936. The second-order valence-corrected chi connectivity index (χ2v) is 3.90. The van der Waals surface area contributed by atoms with Crippen LogP contribution in [0, 0.1) is 0 Å². The van der Waals surface area contributed by atoms with Gasteiger partial charge in [-0.1, -0.05) is 0 Å². The van der Waals surface area contributed by atoms with Gasteiger partial charge >= 0.3 is 0 Å². The van der Waals surface area contributed by atoms with Crippen molar-refractivity contribution in [1.29, 1.82) is 0 Å². The predicted molar refractivity (Wildman–Crippen MR) is 60.8 cm³/mol. The van der Waals surface area contributed by atoms with Gasteiger partial charge < -0.3 is 20.3 Å². The van der Waals surface area contributed by atoms with Crippen molar-refractivity contribution < 1.29 is 19.7 Å². The molecule has 1 rings (SSSR count). The predicted octanol–water partition coefficient (Wildman–Crippen LogP) is -0.437. The number of carbonyl (C=O) groups is 1. The second-order valence-electron chi connectivity index (χ2n) is 3.90. The highest BCUT2D eigenvalue weighted by molar-refractivity contribution is 5.96. The van der Waals surface area contributed by atoms with Crippen LogP contribution in [0.3, 0.4) is 0 Å². The molecule has 0 aromatic carbocycles. The van der Waals surface area contributed by atoms with E-state index in [9.17, 15) is 9.90 Å². The number of hydrogen-bond donors (Lipinski definition) is 3. The van der Waals surface area contributed by atoms with Crippen LogP contribution in [0.2, 0.25) is 0 Å². The average molecular weight is 240 g/mol. The lowest BCUT2D eigenvalue weighted by Crippen LogP contribution is -2.43. The number of nitrogens with zero attached hydrogens (tertiary/aromatic N) is 1. The summed E-state index contributed by atoms with van der Waals surface area (Å²) >= 11 is 0. The summed E-state index contributed by atoms with van der Waals surface area (Å²) in [5.74, 6) is -0.197. The Balaban J connectivity index is 2.70. The molecule has 1 amide bonds. The first-order valence-corrected chi connectivity index (χ1v) is 5.10. The summed E-state index contributed by atoms with van der Waals surface area (Å²) in [7, 11) is 1.42. The number of methoxy groups -OCH3 is 1. The number of nitrogens with one attached hydrogen (secondary N) is 1. The van der Waals surface area contributed by atoms with Crippen molar-refractivity contribution in [2.24, 2.45) is 0 Å². The van der Waals surface area contributed by atoms with E-state index in [-0.39, 0.29) is 18.0 Å². The van der Waals surface area contributed by atoms with E-state index in [4.69, 9.17) is 9.84 Å². The highest BCUT2D eigenvalue weighted by atomic mass is 16.5. The summed E-state index contributed by atoms with van der Waals surface area (Å²) in [6, 6.07) is 3.18. The third-order valence-corrected chi connectivity index (χ3v) is 2.18. The zero-order valence-electron chi connectivity index (χ0n) is 9.80. The van der Waals surface area contributed by atoms with Gasteiger partial charge in [-0.2, -0.15) is 0 Å². The van der Waals surface area contributed by atoms with Crippen LogP contribution in [0.1, 0.15) is 17.3 Å². The molecule has 6 nitrogen and oxygen atoms in total. The molecule has 17 heavy (non-hydrogen) atoms. The van der Waals surface area contributed by atoms with Crippen LogP contribution in [0.5, 0.6) is 5.88 Å². The zero-order chi connectivity index (χ0) is 12.9. The summed E-state index contributed by atoms with van der Waals surface area (Å²) in [4.78, 5) is 15.7. The summed E-state index contributed by atoms with van der Waals surface area (Å²) < 4.78 is 4.94. The number of aliphatic hydroxyl groups excluding tert-OH is 1. The Hall–Kier alpha value is -1.66. The fourth-order valence-electron chi connectivity index (χ4n) is 1.15. The highest BCUT2D eigenvalue weighted by Gasteiger charge is 2.21. The first-order chi connectivity index (χ1) is 8.00. The monoisotopic (exact) mass is 240 g/mol. The average Bonchev–Trinajstić information content (AvgIpc) is 2.36. The molecule has 1 aromatic rings. The quantitative estimate of drug-likeness (QED) is 0.649. The molecule has 1 atom stereocenters. The largest absolute Gasteiger partial charge is 0.480 e. The van der Waals surface area contributed by atoms with Crippen LogP contribution < -0.4 is 10.1 Å². The van der Waals surface area contributed by atoms with E-state index in [0.29, 0.717) is 0 Å². The van der Waals surface area contributed by atoms with Crippen molar-refractivity contribution >= 4 is 5.91 Å². The van der Waals surface area contributed by atoms with Crippen molar-refractivity contribution in [3.05, 3.63) is 23.9 Å². The number of hydrogen-bond acceptors (Lipinski definition) is 5. The normalized spacial score (nSPS) is 13.9. The molecule has 0 aliphatic carbocycles. The first kappa shape index (κ1) is 13.4. The summed E-state index contributed by atoms with van der Waals surface area (Å²) in [5.41, 5.74) is -1.06. The molecule has 0 fully saturated rings. The topological polar surface area (TPSA) is 91.7 Å². The van der Waals surface area contributed by atoms with E-state index < -0.39 is 18.1 Å². The standard InChI is InChI=1S/C11H16N2O4/c1-11(16,7-14)6-13-9(15)8-4-3-5-12-10(8)17-2/h3-5,14,16H,6-7H2,1-2H3,(H,13,15)/t11-/m1/s1. The van der Waals surface area contributed by atoms with Gasteiger partial charge in [-0.15, -0.1) is 0 Å². The van der Waals surface area contributed by atoms with Gasteiger partial charge in [0.15, 0.2) is 0 Å². The van der Waals surface area contributed by atoms with Crippen LogP contribution in [0.4, 0.5) is 0 Å². The molecule has 0 aliphatic rings. The molecule has 0 radical (unpaired) electrons. The smallest absolute Gasteiger partial charge is 0.256 e. The van der Waals surface area contributed by atoms with E-state index in [1.807, 2.05) is 0 Å². The summed E-state index contributed by atoms with van der Waals surface area (Å²) in [5, 5.41) is 20.9. The lowest BCUT2D eigenvalue weighted by molar-refractivity contribution is 0.00317. The van der Waals surface area contributed by atoms with E-state index in [1.54, 1.807) is 12.1 Å². The van der Waals surface area contributed by atoms with Gasteiger partial charge in [-0.25, -0.2) is 4.98 Å². The molecule has 0 aliphatic heterocycles. The fourth-order valence-corrected chi connectivity index (χ4v) is 1.15. The molecule has 94 valence electrons. The highest BCUT2D eigenvalue weighted by Crippen LogP contribution is 2.13. The third kappa shape index (κ3) is 3.69. The van der Waals surface area contributed by atoms with Gasteiger partial charge in [0, 0.05) is 12.7 Å². The van der Waals surface area contributed by atoms with Crippen molar-refractivity contribution in [2.45, 2.75) is 12.5 Å². The van der Waals surface area contributed by atoms with Crippen molar-refractivity contribution in [2.75, 3.05) is 20.3 Å². The van der Waals surface area contributed by atoms with Crippen LogP contribution >= 0.6 is 0 Å². The van der Waals surface area contributed by atoms with E-state index >= 15 is 0 Å². The van der Waals surface area contributed by atoms with Crippen LogP contribution in [0.25, 0.3) is 0 Å². The minimum absolute atomic E-state index is 0.0552. The second kappa shape index (κ2) is 5.60. The third-order valence-electron chi connectivity index (χ3n) is 2.18. The lowest BCUT2D eigenvalue weighted by Gasteiger charge is -2.20. The summed E-state index contributed by atoms with van der Waals surface area (Å²) in [6.07, 6.45) is 1.51. The Morgan fingerprint density at radius 1 is 1.65 bits per heavy atom. The van der Waals surface area contributed by atoms with Gasteiger partial charge in [-0.3, -0.25) is 4.79 Å². The van der Waals surface area contributed by atoms with Crippen LogP contribution in [-0.4, -0.2) is 47.0 Å². The van der Waals surface area contributed by atoms with E-state index in [2.05, 4.69) is 10.3 Å². The molecule has 0 saturated heterocycles. The van der Waals surface area contributed by atoms with Gasteiger partial charge in [0.25, 0.3) is 5.91 Å². The number of aliphatic hydroxyl groups is 2. The number of amides is 1. The molecular formula is C11H16N2O4. The maximum absolute atomic E-state index is 11.8. The van der Waals surface area contributed by atoms with Gasteiger partial charge in [-0.05, 0) is 19.1 Å². The maximum atomic E-state index is 11.8. The molecule has 1 aromatic heterocycles. The minimum Gasteiger partial charge on any atom is -0.480 e. The van der Waals surface area contributed by atoms with Crippen LogP contribution in [0.15, 0.2) is 18.3 Å². The lowest BCUT2D eigenvalue weighted by atomic mass is 10.1. The van der Waals surface area contributed by atoms with Crippen molar-refractivity contribution in [3.8, 4) is 5.88 Å². The molecule has 0 saturated carbocycles. The molecule has 1 heterocycles. The van der Waals surface area contributed by atoms with Gasteiger partial charge in [0.2, 0.25) is 5.88 Å². The number of carbonyl (C=O) groups excluding carboxylic acids is 1. The minimum atomic E-state index is -1.34. The van der Waals surface area contributed by atoms with Crippen molar-refractivity contribution in [3.63, 3.8) is 0 Å². The molecule has 0 spiro atoms. The Labute approximate surface area is 99.3 Å². The van der Waals surface area contributed by atoms with Crippen LogP contribution in [-0.2, 0) is 0 Å². The number of ether oxygens (including phenoxy) is 1. The maximum Gasteiger partial charge on any atom is 0.256 e. The first-order valence-electron chi connectivity index (χ1n) is 5.10. The SMILES string of the molecule is COc1ncccc1C(=O)NC[C@@](C)(O)CO. The number of rotatable bonds is 5. The fraction of sp³-hybridized carbons (Fsp3) is 0.455. The molecular weight excluding hydrogens is 224 g/mol. The number of aromatic nitrogens is 1. The Bertz CT molecular complexity index is 393. The zero-order valence-corrected chi connectivity index (χ0v) is 9.80. The Morgan fingerprint density at radius 2 is 2.35 bits per heavy atom.